The molecule has 0 bridgehead atoms. The number of rotatable bonds is 7. The molecule has 1 aliphatic rings. The SMILES string of the molecule is COc1ccc(C[C@@H]2CCC(=O)N2Cc2cccc([N+](=O)[O-])c2)cc1OC. The minimum absolute atomic E-state index is 0.0376. The van der Waals surface area contributed by atoms with Gasteiger partial charge in [0, 0.05) is 31.1 Å². The summed E-state index contributed by atoms with van der Waals surface area (Å²) in [7, 11) is 3.18. The summed E-state index contributed by atoms with van der Waals surface area (Å²) in [4.78, 5) is 24.7. The highest BCUT2D eigenvalue weighted by Gasteiger charge is 2.31. The third-order valence-electron chi connectivity index (χ3n) is 4.85. The van der Waals surface area contributed by atoms with Gasteiger partial charge in [0.15, 0.2) is 11.5 Å². The van der Waals surface area contributed by atoms with Crippen molar-refractivity contribution in [2.24, 2.45) is 0 Å². The molecule has 7 heteroatoms. The molecule has 142 valence electrons. The van der Waals surface area contributed by atoms with Crippen LogP contribution in [-0.4, -0.2) is 36.0 Å². The van der Waals surface area contributed by atoms with Crippen LogP contribution in [0.15, 0.2) is 42.5 Å². The number of carbonyl (C=O) groups excluding carboxylic acids is 1. The number of hydrogen-bond acceptors (Lipinski definition) is 5. The molecule has 2 aromatic carbocycles. The Labute approximate surface area is 157 Å². The second-order valence-corrected chi connectivity index (χ2v) is 6.53. The summed E-state index contributed by atoms with van der Waals surface area (Å²) in [5.74, 6) is 1.40. The maximum Gasteiger partial charge on any atom is 0.269 e. The topological polar surface area (TPSA) is 81.9 Å². The van der Waals surface area contributed by atoms with Crippen LogP contribution in [0.5, 0.6) is 11.5 Å². The molecule has 0 aromatic heterocycles. The van der Waals surface area contributed by atoms with Gasteiger partial charge in [-0.05, 0) is 36.1 Å². The molecule has 1 aliphatic heterocycles. The molecule has 0 spiro atoms. The maximum atomic E-state index is 12.4. The Morgan fingerprint density at radius 1 is 1.11 bits per heavy atom. The number of nitro groups is 1. The summed E-state index contributed by atoms with van der Waals surface area (Å²) in [6.07, 6.45) is 1.95. The van der Waals surface area contributed by atoms with E-state index in [4.69, 9.17) is 9.47 Å². The van der Waals surface area contributed by atoms with E-state index in [0.29, 0.717) is 30.9 Å². The normalized spacial score (nSPS) is 16.4. The number of methoxy groups -OCH3 is 2. The van der Waals surface area contributed by atoms with Crippen molar-refractivity contribution in [3.05, 3.63) is 63.7 Å². The van der Waals surface area contributed by atoms with Crippen LogP contribution in [0.1, 0.15) is 24.0 Å². The second kappa shape index (κ2) is 8.07. The number of hydrogen-bond donors (Lipinski definition) is 0. The van der Waals surface area contributed by atoms with E-state index < -0.39 is 4.92 Å². The van der Waals surface area contributed by atoms with Gasteiger partial charge in [-0.1, -0.05) is 18.2 Å². The van der Waals surface area contributed by atoms with Gasteiger partial charge in [-0.25, -0.2) is 0 Å². The molecule has 1 heterocycles. The Morgan fingerprint density at radius 2 is 1.89 bits per heavy atom. The van der Waals surface area contributed by atoms with E-state index in [0.717, 1.165) is 17.5 Å². The largest absolute Gasteiger partial charge is 0.493 e. The summed E-state index contributed by atoms with van der Waals surface area (Å²) in [6.45, 7) is 0.373. The van der Waals surface area contributed by atoms with E-state index in [9.17, 15) is 14.9 Å². The van der Waals surface area contributed by atoms with Crippen LogP contribution in [0, 0.1) is 10.1 Å². The van der Waals surface area contributed by atoms with E-state index in [2.05, 4.69) is 0 Å². The van der Waals surface area contributed by atoms with Gasteiger partial charge in [0.05, 0.1) is 19.1 Å². The number of non-ortho nitro benzene ring substituents is 1. The average Bonchev–Trinajstić information content (AvgIpc) is 3.01. The predicted molar refractivity (Wildman–Crippen MR) is 99.9 cm³/mol. The van der Waals surface area contributed by atoms with Gasteiger partial charge in [-0.2, -0.15) is 0 Å². The quantitative estimate of drug-likeness (QED) is 0.551. The van der Waals surface area contributed by atoms with Crippen molar-refractivity contribution in [3.63, 3.8) is 0 Å². The molecular formula is C20H22N2O5. The summed E-state index contributed by atoms with van der Waals surface area (Å²) >= 11 is 0. The number of ether oxygens (including phenoxy) is 2. The molecule has 2 aromatic rings. The molecule has 7 nitrogen and oxygen atoms in total. The zero-order valence-electron chi connectivity index (χ0n) is 15.4. The van der Waals surface area contributed by atoms with Gasteiger partial charge in [-0.3, -0.25) is 14.9 Å². The Bertz CT molecular complexity index is 852. The molecular weight excluding hydrogens is 348 g/mol. The summed E-state index contributed by atoms with van der Waals surface area (Å²) < 4.78 is 10.6. The van der Waals surface area contributed by atoms with Crippen molar-refractivity contribution in [2.75, 3.05) is 14.2 Å². The minimum Gasteiger partial charge on any atom is -0.493 e. The standard InChI is InChI=1S/C20H22N2O5/c1-26-18-8-6-14(12-19(18)27-2)10-16-7-9-20(23)21(16)13-15-4-3-5-17(11-15)22(24)25/h3-6,8,11-12,16H,7,9-10,13H2,1-2H3/t16-/m0/s1. The smallest absolute Gasteiger partial charge is 0.269 e. The van der Waals surface area contributed by atoms with Gasteiger partial charge in [0.25, 0.3) is 5.69 Å². The highest BCUT2D eigenvalue weighted by Crippen LogP contribution is 2.31. The van der Waals surface area contributed by atoms with Crippen LogP contribution in [0.2, 0.25) is 0 Å². The first-order valence-electron chi connectivity index (χ1n) is 8.75. The van der Waals surface area contributed by atoms with E-state index in [-0.39, 0.29) is 17.6 Å². The van der Waals surface area contributed by atoms with Gasteiger partial charge >= 0.3 is 0 Å². The lowest BCUT2D eigenvalue weighted by atomic mass is 10.0. The first kappa shape index (κ1) is 18.7. The molecule has 0 saturated carbocycles. The Balaban J connectivity index is 1.76. The van der Waals surface area contributed by atoms with Crippen molar-refractivity contribution in [2.45, 2.75) is 31.8 Å². The lowest BCUT2D eigenvalue weighted by molar-refractivity contribution is -0.384. The number of nitrogens with zero attached hydrogens (tertiary/aromatic N) is 2. The van der Waals surface area contributed by atoms with Crippen LogP contribution in [0.25, 0.3) is 0 Å². The number of likely N-dealkylation sites (tertiary alicyclic amines) is 1. The first-order valence-corrected chi connectivity index (χ1v) is 8.75. The summed E-state index contributed by atoms with van der Waals surface area (Å²) in [5.41, 5.74) is 1.85. The number of amides is 1. The predicted octanol–water partition coefficient (Wildman–Crippen LogP) is 3.35. The van der Waals surface area contributed by atoms with Gasteiger partial charge in [0.2, 0.25) is 5.91 Å². The third-order valence-corrected chi connectivity index (χ3v) is 4.85. The third kappa shape index (κ3) is 4.19. The molecule has 0 unspecified atom stereocenters. The molecule has 1 amide bonds. The van der Waals surface area contributed by atoms with E-state index >= 15 is 0 Å². The molecule has 3 rings (SSSR count). The summed E-state index contributed by atoms with van der Waals surface area (Å²) in [5, 5.41) is 11.0. The van der Waals surface area contributed by atoms with Gasteiger partial charge < -0.3 is 14.4 Å². The van der Waals surface area contributed by atoms with E-state index in [1.165, 1.54) is 12.1 Å². The number of carbonyl (C=O) groups is 1. The van der Waals surface area contributed by atoms with E-state index in [1.54, 1.807) is 20.3 Å². The Hall–Kier alpha value is -3.09. The minimum atomic E-state index is -0.420. The number of benzene rings is 2. The van der Waals surface area contributed by atoms with Crippen LogP contribution >= 0.6 is 0 Å². The van der Waals surface area contributed by atoms with Crippen molar-refractivity contribution in [1.82, 2.24) is 4.90 Å². The second-order valence-electron chi connectivity index (χ2n) is 6.53. The highest BCUT2D eigenvalue weighted by atomic mass is 16.6. The fourth-order valence-electron chi connectivity index (χ4n) is 3.47. The first-order chi connectivity index (χ1) is 13.0. The average molecular weight is 370 g/mol. The molecule has 1 saturated heterocycles. The molecule has 0 N–H and O–H groups in total. The zero-order chi connectivity index (χ0) is 19.4. The van der Waals surface area contributed by atoms with Crippen molar-refractivity contribution >= 4 is 11.6 Å². The van der Waals surface area contributed by atoms with Crippen LogP contribution < -0.4 is 9.47 Å². The lowest BCUT2D eigenvalue weighted by Gasteiger charge is -2.25. The van der Waals surface area contributed by atoms with Crippen LogP contribution in [0.3, 0.4) is 0 Å². The lowest BCUT2D eigenvalue weighted by Crippen LogP contribution is -2.33. The van der Waals surface area contributed by atoms with Gasteiger partial charge in [0.1, 0.15) is 0 Å². The van der Waals surface area contributed by atoms with Crippen LogP contribution in [-0.2, 0) is 17.8 Å². The van der Waals surface area contributed by atoms with Crippen LogP contribution in [0.4, 0.5) is 5.69 Å². The zero-order valence-corrected chi connectivity index (χ0v) is 15.4. The van der Waals surface area contributed by atoms with Crippen molar-refractivity contribution in [3.8, 4) is 11.5 Å². The maximum absolute atomic E-state index is 12.4. The number of nitro benzene ring substituents is 1. The molecule has 1 atom stereocenters. The monoisotopic (exact) mass is 370 g/mol. The van der Waals surface area contributed by atoms with Crippen molar-refractivity contribution < 1.29 is 19.2 Å². The molecule has 0 radical (unpaired) electrons. The highest BCUT2D eigenvalue weighted by molar-refractivity contribution is 5.78. The van der Waals surface area contributed by atoms with Gasteiger partial charge in [-0.15, -0.1) is 0 Å². The summed E-state index contributed by atoms with van der Waals surface area (Å²) in [6, 6.07) is 12.2. The molecule has 27 heavy (non-hydrogen) atoms. The Kier molecular flexibility index (Phi) is 5.59. The van der Waals surface area contributed by atoms with Crippen molar-refractivity contribution in [1.29, 1.82) is 0 Å². The van der Waals surface area contributed by atoms with E-state index in [1.807, 2.05) is 29.2 Å². The fourth-order valence-corrected chi connectivity index (χ4v) is 3.47. The Morgan fingerprint density at radius 3 is 2.59 bits per heavy atom. The fraction of sp³-hybridized carbons (Fsp3) is 0.350. The molecule has 0 aliphatic carbocycles. The molecule has 1 fully saturated rings.